The maximum atomic E-state index is 11.5. The highest BCUT2D eigenvalue weighted by Gasteiger charge is 2.28. The molecular formula is C10H8ClNO3. The zero-order valence-electron chi connectivity index (χ0n) is 7.70. The minimum absolute atomic E-state index is 0.112. The SMILES string of the molecule is O=C1CC(OC(=O)c2cccc(Cl)c2)N1. The molecule has 78 valence electrons. The fourth-order valence-electron chi connectivity index (χ4n) is 1.21. The average molecular weight is 226 g/mol. The van der Waals surface area contributed by atoms with Gasteiger partial charge in [-0.1, -0.05) is 17.7 Å². The van der Waals surface area contributed by atoms with Crippen molar-refractivity contribution in [1.29, 1.82) is 0 Å². The van der Waals surface area contributed by atoms with Gasteiger partial charge in [-0.05, 0) is 18.2 Å². The van der Waals surface area contributed by atoms with E-state index in [0.717, 1.165) is 0 Å². The third-order valence-corrected chi connectivity index (χ3v) is 2.24. The summed E-state index contributed by atoms with van der Waals surface area (Å²) in [4.78, 5) is 22.0. The van der Waals surface area contributed by atoms with Gasteiger partial charge >= 0.3 is 5.97 Å². The van der Waals surface area contributed by atoms with Crippen molar-refractivity contribution in [3.05, 3.63) is 34.9 Å². The second kappa shape index (κ2) is 3.90. The first-order valence-corrected chi connectivity index (χ1v) is 4.79. The lowest BCUT2D eigenvalue weighted by Crippen LogP contribution is -2.50. The van der Waals surface area contributed by atoms with Gasteiger partial charge in [-0.25, -0.2) is 4.79 Å². The Labute approximate surface area is 91.2 Å². The highest BCUT2D eigenvalue weighted by molar-refractivity contribution is 6.30. The van der Waals surface area contributed by atoms with Crippen LogP contribution in [0.5, 0.6) is 0 Å². The Balaban J connectivity index is 1.99. The molecule has 1 aliphatic heterocycles. The fraction of sp³-hybridized carbons (Fsp3) is 0.200. The van der Waals surface area contributed by atoms with Crippen molar-refractivity contribution in [3.63, 3.8) is 0 Å². The standard InChI is InChI=1S/C10H8ClNO3/c11-7-3-1-2-6(4-7)10(14)15-9-5-8(13)12-9/h1-4,9H,5H2,(H,12,13). The van der Waals surface area contributed by atoms with Gasteiger partial charge in [-0.15, -0.1) is 0 Å². The molecule has 1 saturated heterocycles. The maximum Gasteiger partial charge on any atom is 0.340 e. The minimum Gasteiger partial charge on any atom is -0.438 e. The number of halogens is 1. The van der Waals surface area contributed by atoms with E-state index < -0.39 is 12.2 Å². The van der Waals surface area contributed by atoms with Gasteiger partial charge in [0.2, 0.25) is 5.91 Å². The van der Waals surface area contributed by atoms with E-state index >= 15 is 0 Å². The molecule has 0 saturated carbocycles. The smallest absolute Gasteiger partial charge is 0.340 e. The van der Waals surface area contributed by atoms with Gasteiger partial charge in [0.05, 0.1) is 12.0 Å². The molecule has 1 heterocycles. The molecule has 1 aromatic rings. The van der Waals surface area contributed by atoms with Crippen LogP contribution in [0.2, 0.25) is 5.02 Å². The molecule has 0 radical (unpaired) electrons. The van der Waals surface area contributed by atoms with E-state index in [9.17, 15) is 9.59 Å². The van der Waals surface area contributed by atoms with Crippen LogP contribution in [0.4, 0.5) is 0 Å². The first-order valence-electron chi connectivity index (χ1n) is 4.41. The average Bonchev–Trinajstić information content (AvgIpc) is 2.15. The summed E-state index contributed by atoms with van der Waals surface area (Å²) in [5.74, 6) is -0.596. The summed E-state index contributed by atoms with van der Waals surface area (Å²) in [6.07, 6.45) is -0.268. The Morgan fingerprint density at radius 2 is 2.27 bits per heavy atom. The van der Waals surface area contributed by atoms with Gasteiger partial charge in [-0.3, -0.25) is 4.79 Å². The zero-order valence-corrected chi connectivity index (χ0v) is 8.45. The molecule has 1 fully saturated rings. The Morgan fingerprint density at radius 3 is 2.87 bits per heavy atom. The van der Waals surface area contributed by atoms with Crippen LogP contribution >= 0.6 is 11.6 Å². The lowest BCUT2D eigenvalue weighted by Gasteiger charge is -2.26. The lowest BCUT2D eigenvalue weighted by molar-refractivity contribution is -0.136. The van der Waals surface area contributed by atoms with Crippen molar-refractivity contribution < 1.29 is 14.3 Å². The van der Waals surface area contributed by atoms with Gasteiger partial charge in [-0.2, -0.15) is 0 Å². The largest absolute Gasteiger partial charge is 0.438 e. The highest BCUT2D eigenvalue weighted by Crippen LogP contribution is 2.14. The molecule has 1 aliphatic rings. The fourth-order valence-corrected chi connectivity index (χ4v) is 1.40. The second-order valence-corrected chi connectivity index (χ2v) is 3.61. The van der Waals surface area contributed by atoms with Gasteiger partial charge < -0.3 is 10.1 Å². The van der Waals surface area contributed by atoms with Gasteiger partial charge in [0.15, 0.2) is 6.23 Å². The van der Waals surface area contributed by atoms with Crippen LogP contribution in [0.1, 0.15) is 16.8 Å². The van der Waals surface area contributed by atoms with Crippen molar-refractivity contribution in [2.75, 3.05) is 0 Å². The van der Waals surface area contributed by atoms with E-state index in [4.69, 9.17) is 16.3 Å². The van der Waals surface area contributed by atoms with Crippen LogP contribution in [-0.4, -0.2) is 18.1 Å². The number of benzene rings is 1. The summed E-state index contributed by atoms with van der Waals surface area (Å²) < 4.78 is 4.97. The van der Waals surface area contributed by atoms with Crippen LogP contribution in [0.25, 0.3) is 0 Å². The molecule has 0 bridgehead atoms. The monoisotopic (exact) mass is 225 g/mol. The van der Waals surface area contributed by atoms with E-state index in [2.05, 4.69) is 5.32 Å². The number of amides is 1. The quantitative estimate of drug-likeness (QED) is 0.611. The molecule has 4 nitrogen and oxygen atoms in total. The van der Waals surface area contributed by atoms with E-state index in [-0.39, 0.29) is 12.3 Å². The predicted molar refractivity (Wildman–Crippen MR) is 53.4 cm³/mol. The molecule has 5 heteroatoms. The van der Waals surface area contributed by atoms with Crippen molar-refractivity contribution in [2.45, 2.75) is 12.6 Å². The van der Waals surface area contributed by atoms with Crippen LogP contribution in [-0.2, 0) is 9.53 Å². The normalized spacial score (nSPS) is 19.0. The van der Waals surface area contributed by atoms with E-state index in [0.29, 0.717) is 10.6 Å². The molecular weight excluding hydrogens is 218 g/mol. The second-order valence-electron chi connectivity index (χ2n) is 3.18. The van der Waals surface area contributed by atoms with Crippen molar-refractivity contribution in [1.82, 2.24) is 5.32 Å². The molecule has 1 atom stereocenters. The first-order chi connectivity index (χ1) is 7.15. The third kappa shape index (κ3) is 2.27. The predicted octanol–water partition coefficient (Wildman–Crippen LogP) is 1.34. The number of hydrogen-bond donors (Lipinski definition) is 1. The number of carbonyl (C=O) groups is 2. The minimum atomic E-state index is -0.496. The van der Waals surface area contributed by atoms with Crippen LogP contribution in [0, 0.1) is 0 Å². The van der Waals surface area contributed by atoms with E-state index in [1.54, 1.807) is 18.2 Å². The summed E-state index contributed by atoms with van der Waals surface area (Å²) in [6, 6.07) is 6.46. The van der Waals surface area contributed by atoms with Crippen molar-refractivity contribution >= 4 is 23.5 Å². The first kappa shape index (κ1) is 9.98. The number of esters is 1. The van der Waals surface area contributed by atoms with E-state index in [1.807, 2.05) is 0 Å². The molecule has 1 N–H and O–H groups in total. The molecule has 15 heavy (non-hydrogen) atoms. The van der Waals surface area contributed by atoms with Gasteiger partial charge in [0, 0.05) is 5.02 Å². The Bertz CT molecular complexity index is 411. The number of carbonyl (C=O) groups excluding carboxylic acids is 2. The van der Waals surface area contributed by atoms with Crippen molar-refractivity contribution in [3.8, 4) is 0 Å². The van der Waals surface area contributed by atoms with Gasteiger partial charge in [0.1, 0.15) is 0 Å². The number of ether oxygens (including phenoxy) is 1. The van der Waals surface area contributed by atoms with Crippen LogP contribution in [0.3, 0.4) is 0 Å². The molecule has 1 unspecified atom stereocenters. The zero-order chi connectivity index (χ0) is 10.8. The summed E-state index contributed by atoms with van der Waals surface area (Å²) in [5.41, 5.74) is 0.378. The maximum absolute atomic E-state index is 11.5. The highest BCUT2D eigenvalue weighted by atomic mass is 35.5. The molecule has 1 aromatic carbocycles. The molecule has 0 aromatic heterocycles. The Kier molecular flexibility index (Phi) is 2.60. The third-order valence-electron chi connectivity index (χ3n) is 2.00. The summed E-state index contributed by atoms with van der Waals surface area (Å²) >= 11 is 5.72. The van der Waals surface area contributed by atoms with E-state index in [1.165, 1.54) is 6.07 Å². The Hall–Kier alpha value is -1.55. The summed E-state index contributed by atoms with van der Waals surface area (Å²) in [5, 5.41) is 2.92. The number of hydrogen-bond acceptors (Lipinski definition) is 3. The number of nitrogens with one attached hydrogen (secondary N) is 1. The lowest BCUT2D eigenvalue weighted by atomic mass is 10.2. The topological polar surface area (TPSA) is 55.4 Å². The number of β-lactam (4-membered cyclic amide) rings is 1. The van der Waals surface area contributed by atoms with Crippen molar-refractivity contribution in [2.24, 2.45) is 0 Å². The Morgan fingerprint density at radius 1 is 1.53 bits per heavy atom. The molecule has 0 spiro atoms. The number of rotatable bonds is 2. The van der Waals surface area contributed by atoms with Crippen LogP contribution in [0.15, 0.2) is 24.3 Å². The molecule has 1 amide bonds. The van der Waals surface area contributed by atoms with Crippen LogP contribution < -0.4 is 5.32 Å². The molecule has 0 aliphatic carbocycles. The van der Waals surface area contributed by atoms with Gasteiger partial charge in [0.25, 0.3) is 0 Å². The summed E-state index contributed by atoms with van der Waals surface area (Å²) in [7, 11) is 0. The summed E-state index contributed by atoms with van der Waals surface area (Å²) in [6.45, 7) is 0. The molecule has 2 rings (SSSR count).